The molecule has 0 saturated heterocycles. The normalized spacial score (nSPS) is 13.6. The number of nitrogens with zero attached hydrogens (tertiary/aromatic N) is 2. The largest absolute Gasteiger partial charge is 0.370 e. The molecule has 1 unspecified atom stereocenters. The molecule has 0 fully saturated rings. The lowest BCUT2D eigenvalue weighted by molar-refractivity contribution is 0.403. The van der Waals surface area contributed by atoms with E-state index in [-0.39, 0.29) is 6.04 Å². The molecule has 20 heavy (non-hydrogen) atoms. The average Bonchev–Trinajstić information content (AvgIpc) is 2.34. The first kappa shape index (κ1) is 17.1. The number of guanidine groups is 1. The molecule has 1 rings (SSSR count). The summed E-state index contributed by atoms with van der Waals surface area (Å²) in [4.78, 5) is 6.42. The molecular formula is C14H22Cl2N4. The Morgan fingerprint density at radius 2 is 2.10 bits per heavy atom. The van der Waals surface area contributed by atoms with E-state index in [4.69, 9.17) is 28.9 Å². The van der Waals surface area contributed by atoms with Gasteiger partial charge in [-0.25, -0.2) is 0 Å². The zero-order valence-corrected chi connectivity index (χ0v) is 13.7. The third kappa shape index (κ3) is 5.99. The molecule has 1 aromatic carbocycles. The molecule has 0 heterocycles. The quantitative estimate of drug-likeness (QED) is 0.482. The van der Waals surface area contributed by atoms with Crippen molar-refractivity contribution in [3.05, 3.63) is 33.8 Å². The Balaban J connectivity index is 2.52. The first-order valence-corrected chi connectivity index (χ1v) is 7.32. The minimum atomic E-state index is -0.0163. The Morgan fingerprint density at radius 1 is 1.40 bits per heavy atom. The smallest absolute Gasteiger partial charge is 0.189 e. The molecule has 0 aliphatic carbocycles. The average molecular weight is 317 g/mol. The lowest BCUT2D eigenvalue weighted by atomic mass is 10.1. The van der Waals surface area contributed by atoms with Gasteiger partial charge in [0.2, 0.25) is 0 Å². The summed E-state index contributed by atoms with van der Waals surface area (Å²) >= 11 is 12.0. The number of rotatable bonds is 6. The van der Waals surface area contributed by atoms with Gasteiger partial charge < -0.3 is 16.0 Å². The summed E-state index contributed by atoms with van der Waals surface area (Å²) in [5.74, 6) is 0.433. The molecular weight excluding hydrogens is 295 g/mol. The highest BCUT2D eigenvalue weighted by Crippen LogP contribution is 2.25. The maximum Gasteiger partial charge on any atom is 0.189 e. The van der Waals surface area contributed by atoms with Crippen LogP contribution in [0.3, 0.4) is 0 Å². The van der Waals surface area contributed by atoms with E-state index in [1.165, 1.54) is 0 Å². The fourth-order valence-electron chi connectivity index (χ4n) is 1.78. The number of nitrogens with one attached hydrogen (secondary N) is 1. The van der Waals surface area contributed by atoms with Crippen LogP contribution >= 0.6 is 23.2 Å². The van der Waals surface area contributed by atoms with Gasteiger partial charge in [0.05, 0.1) is 6.04 Å². The number of halogens is 2. The summed E-state index contributed by atoms with van der Waals surface area (Å²) in [5, 5.41) is 4.38. The molecule has 112 valence electrons. The van der Waals surface area contributed by atoms with Crippen LogP contribution in [0.5, 0.6) is 0 Å². The Kier molecular flexibility index (Phi) is 7.13. The van der Waals surface area contributed by atoms with Crippen molar-refractivity contribution in [2.45, 2.75) is 19.4 Å². The summed E-state index contributed by atoms with van der Waals surface area (Å²) in [6, 6.07) is 5.41. The van der Waals surface area contributed by atoms with Crippen molar-refractivity contribution in [2.75, 3.05) is 27.2 Å². The minimum absolute atomic E-state index is 0.0163. The van der Waals surface area contributed by atoms with Crippen molar-refractivity contribution < 1.29 is 0 Å². The maximum absolute atomic E-state index is 6.16. The van der Waals surface area contributed by atoms with Crippen LogP contribution in [0.2, 0.25) is 10.0 Å². The first-order chi connectivity index (χ1) is 9.40. The van der Waals surface area contributed by atoms with Crippen LogP contribution in [0.1, 0.15) is 24.9 Å². The summed E-state index contributed by atoms with van der Waals surface area (Å²) in [6.07, 6.45) is 0.978. The summed E-state index contributed by atoms with van der Waals surface area (Å²) in [5.41, 5.74) is 6.81. The minimum Gasteiger partial charge on any atom is -0.370 e. The van der Waals surface area contributed by atoms with E-state index in [0.29, 0.717) is 22.5 Å². The molecule has 1 atom stereocenters. The topological polar surface area (TPSA) is 53.6 Å². The van der Waals surface area contributed by atoms with Gasteiger partial charge in [0.15, 0.2) is 5.96 Å². The molecule has 1 aromatic rings. The highest BCUT2D eigenvalue weighted by molar-refractivity contribution is 6.35. The van der Waals surface area contributed by atoms with E-state index in [2.05, 4.69) is 15.2 Å². The molecule has 0 amide bonds. The molecule has 0 saturated carbocycles. The summed E-state index contributed by atoms with van der Waals surface area (Å²) in [6.45, 7) is 3.69. The van der Waals surface area contributed by atoms with Crippen molar-refractivity contribution in [3.8, 4) is 0 Å². The van der Waals surface area contributed by atoms with E-state index in [1.54, 1.807) is 6.07 Å². The van der Waals surface area contributed by atoms with Crippen LogP contribution in [0.25, 0.3) is 0 Å². The zero-order chi connectivity index (χ0) is 15.1. The van der Waals surface area contributed by atoms with Crippen LogP contribution in [0.15, 0.2) is 23.2 Å². The SMILES string of the molecule is CC(NC(N)=NCCCN(C)C)c1ccc(Cl)cc1Cl. The standard InChI is InChI=1S/C14H22Cl2N4/c1-10(12-6-5-11(15)9-13(12)16)19-14(17)18-7-4-8-20(2)3/h5-6,9-10H,4,7-8H2,1-3H3,(H3,17,18,19). The number of hydrogen-bond acceptors (Lipinski definition) is 2. The molecule has 0 bridgehead atoms. The molecule has 4 nitrogen and oxygen atoms in total. The maximum atomic E-state index is 6.16. The second-order valence-corrected chi connectivity index (χ2v) is 5.80. The molecule has 0 spiro atoms. The number of benzene rings is 1. The van der Waals surface area contributed by atoms with Crippen LogP contribution in [0, 0.1) is 0 Å². The van der Waals surface area contributed by atoms with Gasteiger partial charge in [-0.2, -0.15) is 0 Å². The number of aliphatic imine (C=N–C) groups is 1. The van der Waals surface area contributed by atoms with Gasteiger partial charge in [-0.1, -0.05) is 29.3 Å². The third-order valence-electron chi connectivity index (χ3n) is 2.84. The van der Waals surface area contributed by atoms with Gasteiger partial charge in [0.1, 0.15) is 0 Å². The second-order valence-electron chi connectivity index (χ2n) is 4.96. The highest BCUT2D eigenvalue weighted by atomic mass is 35.5. The fraction of sp³-hybridized carbons (Fsp3) is 0.500. The fourth-order valence-corrected chi connectivity index (χ4v) is 2.36. The Hall–Kier alpha value is -0.970. The van der Waals surface area contributed by atoms with Crippen LogP contribution in [-0.4, -0.2) is 38.0 Å². The summed E-state index contributed by atoms with van der Waals surface area (Å²) in [7, 11) is 4.08. The van der Waals surface area contributed by atoms with Gasteiger partial charge in [0, 0.05) is 16.6 Å². The summed E-state index contributed by atoms with van der Waals surface area (Å²) < 4.78 is 0. The highest BCUT2D eigenvalue weighted by Gasteiger charge is 2.10. The van der Waals surface area contributed by atoms with Crippen molar-refractivity contribution in [3.63, 3.8) is 0 Å². The Labute approximate surface area is 131 Å². The van der Waals surface area contributed by atoms with E-state index in [0.717, 1.165) is 18.5 Å². The van der Waals surface area contributed by atoms with Crippen molar-refractivity contribution in [2.24, 2.45) is 10.7 Å². The van der Waals surface area contributed by atoms with Crippen LogP contribution in [-0.2, 0) is 0 Å². The number of nitrogens with two attached hydrogens (primary N) is 1. The lowest BCUT2D eigenvalue weighted by Crippen LogP contribution is -2.34. The van der Waals surface area contributed by atoms with Gasteiger partial charge in [-0.3, -0.25) is 4.99 Å². The number of hydrogen-bond donors (Lipinski definition) is 2. The third-order valence-corrected chi connectivity index (χ3v) is 3.40. The molecule has 0 aliphatic rings. The van der Waals surface area contributed by atoms with Crippen LogP contribution in [0.4, 0.5) is 0 Å². The van der Waals surface area contributed by atoms with Gasteiger partial charge in [0.25, 0.3) is 0 Å². The molecule has 0 aromatic heterocycles. The van der Waals surface area contributed by atoms with Crippen molar-refractivity contribution in [1.82, 2.24) is 10.2 Å². The van der Waals surface area contributed by atoms with E-state index in [9.17, 15) is 0 Å². The van der Waals surface area contributed by atoms with Crippen molar-refractivity contribution >= 4 is 29.2 Å². The Morgan fingerprint density at radius 3 is 2.70 bits per heavy atom. The first-order valence-electron chi connectivity index (χ1n) is 6.56. The Bertz CT molecular complexity index is 460. The lowest BCUT2D eigenvalue weighted by Gasteiger charge is -2.16. The van der Waals surface area contributed by atoms with Crippen molar-refractivity contribution in [1.29, 1.82) is 0 Å². The van der Waals surface area contributed by atoms with Gasteiger partial charge in [-0.05, 0) is 51.7 Å². The predicted molar refractivity (Wildman–Crippen MR) is 87.7 cm³/mol. The van der Waals surface area contributed by atoms with E-state index in [1.807, 2.05) is 33.2 Å². The molecule has 6 heteroatoms. The van der Waals surface area contributed by atoms with Gasteiger partial charge >= 0.3 is 0 Å². The van der Waals surface area contributed by atoms with Crippen LogP contribution < -0.4 is 11.1 Å². The molecule has 0 aliphatic heterocycles. The molecule has 0 radical (unpaired) electrons. The monoisotopic (exact) mass is 316 g/mol. The van der Waals surface area contributed by atoms with Gasteiger partial charge in [-0.15, -0.1) is 0 Å². The van der Waals surface area contributed by atoms with E-state index >= 15 is 0 Å². The second kappa shape index (κ2) is 8.35. The van der Waals surface area contributed by atoms with E-state index < -0.39 is 0 Å². The molecule has 3 N–H and O–H groups in total. The zero-order valence-electron chi connectivity index (χ0n) is 12.2. The predicted octanol–water partition coefficient (Wildman–Crippen LogP) is 2.91.